The predicted octanol–water partition coefficient (Wildman–Crippen LogP) is 2.63. The van der Waals surface area contributed by atoms with Crippen molar-refractivity contribution in [3.8, 4) is 28.9 Å². The van der Waals surface area contributed by atoms with E-state index in [0.29, 0.717) is 17.3 Å². The Morgan fingerprint density at radius 1 is 1.04 bits per heavy atom. The van der Waals surface area contributed by atoms with Gasteiger partial charge in [-0.1, -0.05) is 5.16 Å². The zero-order valence-electron chi connectivity index (χ0n) is 12.1. The van der Waals surface area contributed by atoms with Crippen LogP contribution >= 0.6 is 0 Å². The number of pyridine rings is 1. The van der Waals surface area contributed by atoms with Gasteiger partial charge in [-0.05, 0) is 43.3 Å². The van der Waals surface area contributed by atoms with Crippen molar-refractivity contribution in [2.24, 2.45) is 0 Å². The van der Waals surface area contributed by atoms with E-state index in [1.807, 2.05) is 29.7 Å². The summed E-state index contributed by atoms with van der Waals surface area (Å²) in [7, 11) is 0. The molecule has 110 valence electrons. The van der Waals surface area contributed by atoms with E-state index in [4.69, 9.17) is 9.78 Å². The molecule has 4 aromatic rings. The van der Waals surface area contributed by atoms with Gasteiger partial charge in [-0.2, -0.15) is 10.2 Å². The summed E-state index contributed by atoms with van der Waals surface area (Å²) in [5.41, 5.74) is 2.93. The van der Waals surface area contributed by atoms with Gasteiger partial charge < -0.3 is 4.52 Å². The summed E-state index contributed by atoms with van der Waals surface area (Å²) in [4.78, 5) is 4.41. The average molecular weight is 302 g/mol. The Morgan fingerprint density at radius 2 is 1.83 bits per heavy atom. The second-order valence-corrected chi connectivity index (χ2v) is 5.01. The standard InChI is InChI=1S/C16H10N6O/c1-10-19-20-14-7-6-13(9-22(10)14)15-18-16(23-21-15)12-4-2-11(8-17)3-5-12/h2-7,9H,1H3. The first-order valence-electron chi connectivity index (χ1n) is 6.90. The minimum Gasteiger partial charge on any atom is -0.334 e. The molecule has 0 aliphatic carbocycles. The third-order valence-corrected chi connectivity index (χ3v) is 3.52. The molecule has 3 aromatic heterocycles. The quantitative estimate of drug-likeness (QED) is 0.565. The second-order valence-electron chi connectivity index (χ2n) is 5.01. The van der Waals surface area contributed by atoms with Crippen LogP contribution in [0.2, 0.25) is 0 Å². The van der Waals surface area contributed by atoms with Crippen LogP contribution < -0.4 is 0 Å². The topological polar surface area (TPSA) is 92.9 Å². The maximum Gasteiger partial charge on any atom is 0.258 e. The summed E-state index contributed by atoms with van der Waals surface area (Å²) in [6.07, 6.45) is 1.87. The van der Waals surface area contributed by atoms with Gasteiger partial charge in [0.2, 0.25) is 5.82 Å². The van der Waals surface area contributed by atoms with Crippen molar-refractivity contribution in [2.45, 2.75) is 6.92 Å². The fraction of sp³-hybridized carbons (Fsp3) is 0.0625. The first-order valence-corrected chi connectivity index (χ1v) is 6.90. The van der Waals surface area contributed by atoms with E-state index in [1.165, 1.54) is 0 Å². The maximum absolute atomic E-state index is 8.83. The van der Waals surface area contributed by atoms with Gasteiger partial charge in [0.1, 0.15) is 5.82 Å². The largest absolute Gasteiger partial charge is 0.334 e. The van der Waals surface area contributed by atoms with Gasteiger partial charge in [-0.15, -0.1) is 10.2 Å². The van der Waals surface area contributed by atoms with E-state index in [2.05, 4.69) is 26.4 Å². The predicted molar refractivity (Wildman–Crippen MR) is 81.2 cm³/mol. The Kier molecular flexibility index (Phi) is 2.88. The highest BCUT2D eigenvalue weighted by molar-refractivity contribution is 5.61. The van der Waals surface area contributed by atoms with Crippen LogP contribution in [-0.2, 0) is 0 Å². The number of benzene rings is 1. The van der Waals surface area contributed by atoms with Crippen LogP contribution in [0.4, 0.5) is 0 Å². The number of rotatable bonds is 2. The summed E-state index contributed by atoms with van der Waals surface area (Å²) in [5, 5.41) is 20.9. The number of hydrogen-bond donors (Lipinski definition) is 0. The second kappa shape index (κ2) is 5.03. The van der Waals surface area contributed by atoms with E-state index < -0.39 is 0 Å². The van der Waals surface area contributed by atoms with Crippen LogP contribution in [0.1, 0.15) is 11.4 Å². The zero-order valence-corrected chi connectivity index (χ0v) is 12.1. The number of nitrogens with zero attached hydrogens (tertiary/aromatic N) is 6. The maximum atomic E-state index is 8.83. The molecule has 4 rings (SSSR count). The molecule has 0 spiro atoms. The monoisotopic (exact) mass is 302 g/mol. The van der Waals surface area contributed by atoms with Gasteiger partial charge in [0.15, 0.2) is 5.65 Å². The first kappa shape index (κ1) is 13.2. The van der Waals surface area contributed by atoms with Gasteiger partial charge in [-0.3, -0.25) is 4.40 Å². The van der Waals surface area contributed by atoms with Crippen LogP contribution in [0.25, 0.3) is 28.5 Å². The van der Waals surface area contributed by atoms with Crippen molar-refractivity contribution in [1.29, 1.82) is 5.26 Å². The highest BCUT2D eigenvalue weighted by Crippen LogP contribution is 2.23. The molecule has 0 atom stereocenters. The molecule has 0 amide bonds. The van der Waals surface area contributed by atoms with Gasteiger partial charge >= 0.3 is 0 Å². The van der Waals surface area contributed by atoms with Gasteiger partial charge in [-0.25, -0.2) is 0 Å². The number of hydrogen-bond acceptors (Lipinski definition) is 6. The minimum atomic E-state index is 0.407. The van der Waals surface area contributed by atoms with Crippen molar-refractivity contribution in [3.63, 3.8) is 0 Å². The van der Waals surface area contributed by atoms with Crippen molar-refractivity contribution < 1.29 is 4.52 Å². The van der Waals surface area contributed by atoms with Gasteiger partial charge in [0.25, 0.3) is 5.89 Å². The molecule has 0 saturated carbocycles. The lowest BCUT2D eigenvalue weighted by molar-refractivity contribution is 0.432. The fourth-order valence-electron chi connectivity index (χ4n) is 2.28. The Morgan fingerprint density at radius 3 is 2.61 bits per heavy atom. The third kappa shape index (κ3) is 2.22. The minimum absolute atomic E-state index is 0.407. The molecule has 1 aromatic carbocycles. The van der Waals surface area contributed by atoms with Crippen LogP contribution in [-0.4, -0.2) is 24.7 Å². The number of fused-ring (bicyclic) bond motifs is 1. The summed E-state index contributed by atoms with van der Waals surface area (Å²) in [6, 6.07) is 12.8. The normalized spacial score (nSPS) is 10.8. The van der Waals surface area contributed by atoms with Crippen molar-refractivity contribution >= 4 is 5.65 Å². The van der Waals surface area contributed by atoms with Gasteiger partial charge in [0, 0.05) is 17.3 Å². The molecule has 0 aliphatic heterocycles. The highest BCUT2D eigenvalue weighted by atomic mass is 16.5. The summed E-state index contributed by atoms with van der Waals surface area (Å²) in [5.74, 6) is 1.68. The van der Waals surface area contributed by atoms with Gasteiger partial charge in [0.05, 0.1) is 11.6 Å². The molecule has 0 aliphatic rings. The molecule has 0 N–H and O–H groups in total. The van der Waals surface area contributed by atoms with Crippen LogP contribution in [0.15, 0.2) is 47.1 Å². The number of nitriles is 1. The molecule has 0 saturated heterocycles. The molecular formula is C16H10N6O. The van der Waals surface area contributed by atoms with E-state index >= 15 is 0 Å². The number of aromatic nitrogens is 5. The fourth-order valence-corrected chi connectivity index (χ4v) is 2.28. The van der Waals surface area contributed by atoms with Crippen LogP contribution in [0.3, 0.4) is 0 Å². The van der Waals surface area contributed by atoms with Crippen molar-refractivity contribution in [3.05, 3.63) is 54.0 Å². The molecule has 0 radical (unpaired) electrons. The lowest BCUT2D eigenvalue weighted by Crippen LogP contribution is -1.90. The summed E-state index contributed by atoms with van der Waals surface area (Å²) < 4.78 is 7.19. The molecule has 3 heterocycles. The number of aryl methyl sites for hydroxylation is 1. The molecule has 7 heteroatoms. The molecule has 0 fully saturated rings. The Hall–Kier alpha value is -3.53. The highest BCUT2D eigenvalue weighted by Gasteiger charge is 2.12. The van der Waals surface area contributed by atoms with E-state index in [1.54, 1.807) is 24.3 Å². The average Bonchev–Trinajstić information content (AvgIpc) is 3.22. The molecule has 7 nitrogen and oxygen atoms in total. The Bertz CT molecular complexity index is 1040. The zero-order chi connectivity index (χ0) is 15.8. The first-order chi connectivity index (χ1) is 11.2. The smallest absolute Gasteiger partial charge is 0.258 e. The van der Waals surface area contributed by atoms with Crippen LogP contribution in [0.5, 0.6) is 0 Å². The molecule has 0 unspecified atom stereocenters. The van der Waals surface area contributed by atoms with Crippen LogP contribution in [0, 0.1) is 18.3 Å². The molecular weight excluding hydrogens is 292 g/mol. The molecule has 23 heavy (non-hydrogen) atoms. The Balaban J connectivity index is 1.73. The lowest BCUT2D eigenvalue weighted by atomic mass is 10.1. The molecule has 0 bridgehead atoms. The lowest BCUT2D eigenvalue weighted by Gasteiger charge is -1.97. The summed E-state index contributed by atoms with van der Waals surface area (Å²) in [6.45, 7) is 1.88. The van der Waals surface area contributed by atoms with Crippen molar-refractivity contribution in [2.75, 3.05) is 0 Å². The Labute approximate surface area is 130 Å². The van der Waals surface area contributed by atoms with Crippen molar-refractivity contribution in [1.82, 2.24) is 24.7 Å². The summed E-state index contributed by atoms with van der Waals surface area (Å²) >= 11 is 0. The van der Waals surface area contributed by atoms with E-state index in [0.717, 1.165) is 22.6 Å². The van der Waals surface area contributed by atoms with E-state index in [9.17, 15) is 0 Å². The third-order valence-electron chi connectivity index (χ3n) is 3.52. The van der Waals surface area contributed by atoms with E-state index in [-0.39, 0.29) is 0 Å². The SMILES string of the molecule is Cc1nnc2ccc(-c3noc(-c4ccc(C#N)cc4)n3)cn12.